The molecule has 0 radical (unpaired) electrons. The molecule has 3 heteroatoms. The van der Waals surface area contributed by atoms with Crippen molar-refractivity contribution in [3.8, 4) is 0 Å². The van der Waals surface area contributed by atoms with Gasteiger partial charge in [0.25, 0.3) is 0 Å². The van der Waals surface area contributed by atoms with Gasteiger partial charge in [-0.3, -0.25) is 4.90 Å². The first-order valence-electron chi connectivity index (χ1n) is 6.43. The second kappa shape index (κ2) is 7.05. The van der Waals surface area contributed by atoms with E-state index < -0.39 is 0 Å². The molecule has 0 saturated carbocycles. The van der Waals surface area contributed by atoms with Crippen LogP contribution in [-0.2, 0) is 0 Å². The van der Waals surface area contributed by atoms with Crippen molar-refractivity contribution in [1.29, 1.82) is 0 Å². The molecule has 0 aromatic rings. The van der Waals surface area contributed by atoms with Crippen LogP contribution in [-0.4, -0.2) is 62.2 Å². The summed E-state index contributed by atoms with van der Waals surface area (Å²) in [5, 5.41) is 3.41. The van der Waals surface area contributed by atoms with Crippen molar-refractivity contribution in [1.82, 2.24) is 15.1 Å². The van der Waals surface area contributed by atoms with Crippen LogP contribution in [0.5, 0.6) is 0 Å². The number of nitrogens with zero attached hydrogens (tertiary/aromatic N) is 2. The number of likely N-dealkylation sites (N-methyl/N-ethyl adjacent to an activating group) is 1. The van der Waals surface area contributed by atoms with E-state index in [9.17, 15) is 0 Å². The fourth-order valence-corrected chi connectivity index (χ4v) is 2.20. The van der Waals surface area contributed by atoms with E-state index in [0.29, 0.717) is 6.04 Å². The van der Waals surface area contributed by atoms with Crippen molar-refractivity contribution >= 4 is 0 Å². The molecule has 1 rings (SSSR count). The summed E-state index contributed by atoms with van der Waals surface area (Å²) in [6, 6.07) is 0.654. The van der Waals surface area contributed by atoms with Crippen LogP contribution in [0.1, 0.15) is 20.3 Å². The fourth-order valence-electron chi connectivity index (χ4n) is 2.20. The SMILES string of the molecule is C=C(CNCCC)CN1CCN(C)CC1C. The predicted octanol–water partition coefficient (Wildman–Crippen LogP) is 1.18. The van der Waals surface area contributed by atoms with Crippen LogP contribution in [0.15, 0.2) is 12.2 Å². The molecule has 0 aromatic heterocycles. The third kappa shape index (κ3) is 4.64. The Morgan fingerprint density at radius 1 is 1.44 bits per heavy atom. The summed E-state index contributed by atoms with van der Waals surface area (Å²) in [5.74, 6) is 0. The van der Waals surface area contributed by atoms with E-state index >= 15 is 0 Å². The Balaban J connectivity index is 2.22. The topological polar surface area (TPSA) is 18.5 Å². The first kappa shape index (κ1) is 13.7. The Morgan fingerprint density at radius 3 is 2.81 bits per heavy atom. The Bertz CT molecular complexity index is 215. The smallest absolute Gasteiger partial charge is 0.0206 e. The van der Waals surface area contributed by atoms with Crippen molar-refractivity contribution in [3.63, 3.8) is 0 Å². The van der Waals surface area contributed by atoms with Crippen molar-refractivity contribution in [2.45, 2.75) is 26.3 Å². The lowest BCUT2D eigenvalue weighted by atomic mass is 10.1. The monoisotopic (exact) mass is 225 g/mol. The van der Waals surface area contributed by atoms with E-state index in [1.165, 1.54) is 31.6 Å². The lowest BCUT2D eigenvalue weighted by Crippen LogP contribution is -2.51. The van der Waals surface area contributed by atoms with Crippen molar-refractivity contribution in [3.05, 3.63) is 12.2 Å². The minimum Gasteiger partial charge on any atom is -0.313 e. The molecule has 0 amide bonds. The van der Waals surface area contributed by atoms with E-state index in [1.54, 1.807) is 0 Å². The Morgan fingerprint density at radius 2 is 2.19 bits per heavy atom. The minimum atomic E-state index is 0.654. The van der Waals surface area contributed by atoms with Gasteiger partial charge in [0.1, 0.15) is 0 Å². The minimum absolute atomic E-state index is 0.654. The largest absolute Gasteiger partial charge is 0.313 e. The molecule has 0 bridgehead atoms. The van der Waals surface area contributed by atoms with Gasteiger partial charge in [0.15, 0.2) is 0 Å². The standard InChI is InChI=1S/C13H27N3/c1-5-6-14-9-12(2)10-16-8-7-15(4)11-13(16)3/h13-14H,2,5-11H2,1,3-4H3. The maximum absolute atomic E-state index is 4.16. The zero-order valence-electron chi connectivity index (χ0n) is 11.1. The first-order valence-corrected chi connectivity index (χ1v) is 6.43. The van der Waals surface area contributed by atoms with Gasteiger partial charge < -0.3 is 10.2 Å². The lowest BCUT2D eigenvalue weighted by Gasteiger charge is -2.38. The predicted molar refractivity (Wildman–Crippen MR) is 70.8 cm³/mol. The fraction of sp³-hybridized carbons (Fsp3) is 0.846. The highest BCUT2D eigenvalue weighted by Crippen LogP contribution is 2.09. The molecule has 16 heavy (non-hydrogen) atoms. The van der Waals surface area contributed by atoms with Crippen LogP contribution in [0.4, 0.5) is 0 Å². The zero-order valence-corrected chi connectivity index (χ0v) is 11.1. The molecule has 1 aliphatic heterocycles. The highest BCUT2D eigenvalue weighted by Gasteiger charge is 2.21. The van der Waals surface area contributed by atoms with Gasteiger partial charge in [-0.15, -0.1) is 0 Å². The van der Waals surface area contributed by atoms with Gasteiger partial charge in [0.05, 0.1) is 0 Å². The molecule has 0 aliphatic carbocycles. The molecule has 3 nitrogen and oxygen atoms in total. The molecule has 94 valence electrons. The van der Waals surface area contributed by atoms with E-state index in [1.807, 2.05) is 0 Å². The molecule has 0 spiro atoms. The second-order valence-corrected chi connectivity index (χ2v) is 5.01. The number of rotatable bonds is 6. The quantitative estimate of drug-likeness (QED) is 0.541. The molecular weight excluding hydrogens is 198 g/mol. The van der Waals surface area contributed by atoms with Gasteiger partial charge in [-0.25, -0.2) is 0 Å². The number of piperazine rings is 1. The molecule has 1 fully saturated rings. The summed E-state index contributed by atoms with van der Waals surface area (Å²) in [7, 11) is 2.20. The Hall–Kier alpha value is -0.380. The second-order valence-electron chi connectivity index (χ2n) is 5.01. The van der Waals surface area contributed by atoms with Crippen LogP contribution in [0.3, 0.4) is 0 Å². The molecule has 1 N–H and O–H groups in total. The third-order valence-electron chi connectivity index (χ3n) is 3.20. The maximum atomic E-state index is 4.16. The van der Waals surface area contributed by atoms with Gasteiger partial charge in [-0.2, -0.15) is 0 Å². The normalized spacial score (nSPS) is 23.6. The molecule has 1 heterocycles. The van der Waals surface area contributed by atoms with Gasteiger partial charge in [-0.05, 0) is 32.5 Å². The van der Waals surface area contributed by atoms with Crippen LogP contribution in [0.2, 0.25) is 0 Å². The Kier molecular flexibility index (Phi) is 6.03. The third-order valence-corrected chi connectivity index (χ3v) is 3.20. The van der Waals surface area contributed by atoms with Gasteiger partial charge in [0, 0.05) is 38.8 Å². The number of hydrogen-bond donors (Lipinski definition) is 1. The number of hydrogen-bond acceptors (Lipinski definition) is 3. The summed E-state index contributed by atoms with van der Waals surface area (Å²) >= 11 is 0. The maximum Gasteiger partial charge on any atom is 0.0206 e. The van der Waals surface area contributed by atoms with E-state index in [-0.39, 0.29) is 0 Å². The average Bonchev–Trinajstić information content (AvgIpc) is 2.23. The van der Waals surface area contributed by atoms with Crippen LogP contribution in [0, 0.1) is 0 Å². The molecular formula is C13H27N3. The highest BCUT2D eigenvalue weighted by atomic mass is 15.3. The van der Waals surface area contributed by atoms with Gasteiger partial charge in [0.2, 0.25) is 0 Å². The van der Waals surface area contributed by atoms with Crippen LogP contribution >= 0.6 is 0 Å². The molecule has 1 saturated heterocycles. The molecule has 1 aliphatic rings. The van der Waals surface area contributed by atoms with Gasteiger partial charge >= 0.3 is 0 Å². The van der Waals surface area contributed by atoms with Crippen LogP contribution in [0.25, 0.3) is 0 Å². The van der Waals surface area contributed by atoms with Crippen molar-refractivity contribution < 1.29 is 0 Å². The van der Waals surface area contributed by atoms with Crippen molar-refractivity contribution in [2.75, 3.05) is 46.3 Å². The lowest BCUT2D eigenvalue weighted by molar-refractivity contribution is 0.109. The summed E-state index contributed by atoms with van der Waals surface area (Å²) < 4.78 is 0. The van der Waals surface area contributed by atoms with Gasteiger partial charge in [-0.1, -0.05) is 13.5 Å². The summed E-state index contributed by atoms with van der Waals surface area (Å²) in [6.07, 6.45) is 1.19. The van der Waals surface area contributed by atoms with E-state index in [0.717, 1.165) is 19.6 Å². The molecule has 1 atom stereocenters. The Labute approximate surface area is 100 Å². The van der Waals surface area contributed by atoms with E-state index in [2.05, 4.69) is 42.6 Å². The van der Waals surface area contributed by atoms with E-state index in [4.69, 9.17) is 0 Å². The molecule has 1 unspecified atom stereocenters. The number of nitrogens with one attached hydrogen (secondary N) is 1. The molecule has 0 aromatic carbocycles. The summed E-state index contributed by atoms with van der Waals surface area (Å²) in [5.41, 5.74) is 1.31. The summed E-state index contributed by atoms with van der Waals surface area (Å²) in [4.78, 5) is 4.94. The first-order chi connectivity index (χ1) is 7.63. The summed E-state index contributed by atoms with van der Waals surface area (Å²) in [6.45, 7) is 15.3. The van der Waals surface area contributed by atoms with Crippen LogP contribution < -0.4 is 5.32 Å². The zero-order chi connectivity index (χ0) is 12.0. The average molecular weight is 225 g/mol. The highest BCUT2D eigenvalue weighted by molar-refractivity contribution is 5.01. The van der Waals surface area contributed by atoms with Crippen molar-refractivity contribution in [2.24, 2.45) is 0 Å².